The second kappa shape index (κ2) is 4.31. The van der Waals surface area contributed by atoms with E-state index in [1.165, 1.54) is 5.19 Å². The van der Waals surface area contributed by atoms with Crippen molar-refractivity contribution in [3.05, 3.63) is 42.7 Å². The van der Waals surface area contributed by atoms with Gasteiger partial charge in [0.2, 0.25) is 0 Å². The number of nitrogens with one attached hydrogen (secondary N) is 1. The number of nitrogens with zero attached hydrogens (tertiary/aromatic N) is 2. The summed E-state index contributed by atoms with van der Waals surface area (Å²) < 4.78 is 0. The third-order valence-electron chi connectivity index (χ3n) is 3.29. The average Bonchev–Trinajstić information content (AvgIpc) is 2.85. The van der Waals surface area contributed by atoms with Crippen LogP contribution >= 0.6 is 0 Å². The SMILES string of the molecule is C[Si](C)(C)c1cccc(-c2cnc3[nH]ccc3n2)c1. The molecular formula is C15H17N3Si. The van der Waals surface area contributed by atoms with Crippen molar-refractivity contribution in [2.45, 2.75) is 19.6 Å². The van der Waals surface area contributed by atoms with Crippen molar-refractivity contribution in [1.82, 2.24) is 15.0 Å². The monoisotopic (exact) mass is 267 g/mol. The quantitative estimate of drug-likeness (QED) is 0.725. The van der Waals surface area contributed by atoms with E-state index in [4.69, 9.17) is 0 Å². The molecule has 0 aliphatic carbocycles. The van der Waals surface area contributed by atoms with Gasteiger partial charge in [0, 0.05) is 11.8 Å². The minimum absolute atomic E-state index is 0.838. The highest BCUT2D eigenvalue weighted by Crippen LogP contribution is 2.18. The van der Waals surface area contributed by atoms with Crippen LogP contribution in [-0.2, 0) is 0 Å². The zero-order valence-electron chi connectivity index (χ0n) is 11.4. The van der Waals surface area contributed by atoms with Gasteiger partial charge in [-0.15, -0.1) is 0 Å². The fourth-order valence-corrected chi connectivity index (χ4v) is 3.30. The Morgan fingerprint density at radius 2 is 1.95 bits per heavy atom. The molecule has 1 aromatic carbocycles. The van der Waals surface area contributed by atoms with E-state index in [-0.39, 0.29) is 0 Å². The van der Waals surface area contributed by atoms with E-state index < -0.39 is 8.07 Å². The van der Waals surface area contributed by atoms with Crippen LogP contribution in [0.5, 0.6) is 0 Å². The van der Waals surface area contributed by atoms with Gasteiger partial charge in [0.15, 0.2) is 5.65 Å². The van der Waals surface area contributed by atoms with Crippen LogP contribution in [0.2, 0.25) is 19.6 Å². The number of aromatic nitrogens is 3. The first kappa shape index (κ1) is 12.1. The lowest BCUT2D eigenvalue weighted by Gasteiger charge is -2.17. The van der Waals surface area contributed by atoms with E-state index in [0.29, 0.717) is 0 Å². The maximum Gasteiger partial charge on any atom is 0.156 e. The molecule has 1 N–H and O–H groups in total. The van der Waals surface area contributed by atoms with Crippen LogP contribution in [0.1, 0.15) is 0 Å². The number of aromatic amines is 1. The fourth-order valence-electron chi connectivity index (χ4n) is 2.11. The van der Waals surface area contributed by atoms with Crippen molar-refractivity contribution in [3.8, 4) is 11.3 Å². The van der Waals surface area contributed by atoms with E-state index in [9.17, 15) is 0 Å². The number of fused-ring (bicyclic) bond motifs is 1. The first-order valence-corrected chi connectivity index (χ1v) is 9.95. The zero-order valence-corrected chi connectivity index (χ0v) is 12.4. The second-order valence-corrected chi connectivity index (χ2v) is 10.9. The van der Waals surface area contributed by atoms with E-state index in [2.05, 4.69) is 58.9 Å². The molecule has 0 saturated heterocycles. The fraction of sp³-hybridized carbons (Fsp3) is 0.200. The minimum Gasteiger partial charge on any atom is -0.345 e. The molecule has 0 amide bonds. The summed E-state index contributed by atoms with van der Waals surface area (Å²) >= 11 is 0. The Kier molecular flexibility index (Phi) is 2.75. The van der Waals surface area contributed by atoms with Crippen molar-refractivity contribution in [2.24, 2.45) is 0 Å². The highest BCUT2D eigenvalue weighted by atomic mass is 28.3. The summed E-state index contributed by atoms with van der Waals surface area (Å²) in [6.45, 7) is 7.06. The predicted octanol–water partition coefficient (Wildman–Crippen LogP) is 3.17. The number of rotatable bonds is 2. The molecule has 3 rings (SSSR count). The summed E-state index contributed by atoms with van der Waals surface area (Å²) in [6, 6.07) is 10.7. The molecule has 0 fully saturated rings. The molecule has 0 aliphatic heterocycles. The van der Waals surface area contributed by atoms with Crippen molar-refractivity contribution >= 4 is 24.4 Å². The van der Waals surface area contributed by atoms with E-state index in [1.54, 1.807) is 0 Å². The average molecular weight is 267 g/mol. The van der Waals surface area contributed by atoms with Gasteiger partial charge in [0.05, 0.1) is 20.0 Å². The normalized spacial score (nSPS) is 11.9. The molecule has 0 saturated carbocycles. The molecule has 19 heavy (non-hydrogen) atoms. The Bertz CT molecular complexity index is 725. The standard InChI is InChI=1S/C15H17N3Si/c1-19(2,3)12-6-4-5-11(9-12)14-10-17-15-13(18-14)7-8-16-15/h4-10H,1-3H3,(H,16,17). The molecule has 0 bridgehead atoms. The third kappa shape index (κ3) is 2.31. The maximum atomic E-state index is 4.65. The molecule has 2 heterocycles. The Labute approximate surface area is 113 Å². The van der Waals surface area contributed by atoms with Crippen LogP contribution in [0.15, 0.2) is 42.7 Å². The van der Waals surface area contributed by atoms with Crippen molar-refractivity contribution in [2.75, 3.05) is 0 Å². The number of hydrogen-bond donors (Lipinski definition) is 1. The zero-order chi connectivity index (χ0) is 13.5. The third-order valence-corrected chi connectivity index (χ3v) is 5.33. The van der Waals surface area contributed by atoms with E-state index in [0.717, 1.165) is 22.4 Å². The summed E-state index contributed by atoms with van der Waals surface area (Å²) in [7, 11) is -1.29. The van der Waals surface area contributed by atoms with E-state index >= 15 is 0 Å². The number of H-pyrrole nitrogens is 1. The lowest BCUT2D eigenvalue weighted by atomic mass is 10.1. The van der Waals surface area contributed by atoms with Gasteiger partial charge in [-0.25, -0.2) is 9.97 Å². The summed E-state index contributed by atoms with van der Waals surface area (Å²) in [4.78, 5) is 12.1. The Morgan fingerprint density at radius 1 is 1.11 bits per heavy atom. The van der Waals surface area contributed by atoms with Gasteiger partial charge in [-0.05, 0) is 6.07 Å². The first-order chi connectivity index (χ1) is 9.04. The van der Waals surface area contributed by atoms with Crippen LogP contribution in [0, 0.1) is 0 Å². The van der Waals surface area contributed by atoms with E-state index in [1.807, 2.05) is 18.5 Å². The molecule has 0 aliphatic rings. The molecule has 3 aromatic rings. The Hall–Kier alpha value is -1.94. The van der Waals surface area contributed by atoms with Gasteiger partial charge in [0.25, 0.3) is 0 Å². The lowest BCUT2D eigenvalue weighted by molar-refractivity contribution is 1.26. The Morgan fingerprint density at radius 3 is 2.74 bits per heavy atom. The summed E-state index contributed by atoms with van der Waals surface area (Å²) in [5, 5.41) is 1.45. The van der Waals surface area contributed by atoms with Crippen LogP contribution in [0.4, 0.5) is 0 Å². The molecule has 0 atom stereocenters. The lowest BCUT2D eigenvalue weighted by Crippen LogP contribution is -2.37. The minimum atomic E-state index is -1.29. The van der Waals surface area contributed by atoms with Gasteiger partial charge in [0.1, 0.15) is 5.52 Å². The number of hydrogen-bond acceptors (Lipinski definition) is 2. The Balaban J connectivity index is 2.10. The first-order valence-electron chi connectivity index (χ1n) is 6.45. The predicted molar refractivity (Wildman–Crippen MR) is 82.3 cm³/mol. The molecular weight excluding hydrogens is 250 g/mol. The van der Waals surface area contributed by atoms with Crippen LogP contribution in [0.3, 0.4) is 0 Å². The summed E-state index contributed by atoms with van der Waals surface area (Å²) in [5.74, 6) is 0. The van der Waals surface area contributed by atoms with Gasteiger partial charge in [-0.1, -0.05) is 49.1 Å². The van der Waals surface area contributed by atoms with Crippen molar-refractivity contribution in [3.63, 3.8) is 0 Å². The van der Waals surface area contributed by atoms with Gasteiger partial charge in [-0.2, -0.15) is 0 Å². The smallest absolute Gasteiger partial charge is 0.156 e. The molecule has 0 spiro atoms. The largest absolute Gasteiger partial charge is 0.345 e. The summed E-state index contributed by atoms with van der Waals surface area (Å²) in [5.41, 5.74) is 3.84. The molecule has 2 aromatic heterocycles. The van der Waals surface area contributed by atoms with Gasteiger partial charge >= 0.3 is 0 Å². The molecule has 96 valence electrons. The van der Waals surface area contributed by atoms with Crippen molar-refractivity contribution in [1.29, 1.82) is 0 Å². The van der Waals surface area contributed by atoms with Crippen LogP contribution in [0.25, 0.3) is 22.4 Å². The number of benzene rings is 1. The van der Waals surface area contributed by atoms with Crippen molar-refractivity contribution < 1.29 is 0 Å². The molecule has 0 radical (unpaired) electrons. The molecule has 4 heteroatoms. The topological polar surface area (TPSA) is 41.6 Å². The highest BCUT2D eigenvalue weighted by molar-refractivity contribution is 6.88. The highest BCUT2D eigenvalue weighted by Gasteiger charge is 2.16. The van der Waals surface area contributed by atoms with Gasteiger partial charge < -0.3 is 4.98 Å². The maximum absolute atomic E-state index is 4.65. The summed E-state index contributed by atoms with van der Waals surface area (Å²) in [6.07, 6.45) is 3.70. The molecule has 3 nitrogen and oxygen atoms in total. The van der Waals surface area contributed by atoms with Gasteiger partial charge in [-0.3, -0.25) is 0 Å². The second-order valence-electron chi connectivity index (χ2n) is 5.80. The van der Waals surface area contributed by atoms with Crippen LogP contribution < -0.4 is 5.19 Å². The molecule has 0 unspecified atom stereocenters. The van der Waals surface area contributed by atoms with Crippen LogP contribution in [-0.4, -0.2) is 23.0 Å².